The van der Waals surface area contributed by atoms with E-state index in [1.807, 2.05) is 0 Å². The Balaban J connectivity index is 1.29. The molecule has 2 aromatic heterocycles. The number of rotatable bonds is 5. The smallest absolute Gasteiger partial charge is 0.255 e. The number of amides is 4. The van der Waals surface area contributed by atoms with Crippen LogP contribution in [0, 0.1) is 0 Å². The number of hydrogen-bond donors (Lipinski definition) is 2. The summed E-state index contributed by atoms with van der Waals surface area (Å²) in [5.41, 5.74) is 1.96. The molecular formula is C21H18N8O4. The van der Waals surface area contributed by atoms with E-state index in [1.54, 1.807) is 42.9 Å². The van der Waals surface area contributed by atoms with Gasteiger partial charge in [0.15, 0.2) is 5.82 Å². The highest BCUT2D eigenvalue weighted by Crippen LogP contribution is 2.32. The van der Waals surface area contributed by atoms with E-state index in [0.29, 0.717) is 28.3 Å². The van der Waals surface area contributed by atoms with Crippen molar-refractivity contribution in [3.63, 3.8) is 0 Å². The van der Waals surface area contributed by atoms with Crippen LogP contribution in [0.3, 0.4) is 0 Å². The van der Waals surface area contributed by atoms with Crippen LogP contribution in [0.25, 0.3) is 11.5 Å². The van der Waals surface area contributed by atoms with Gasteiger partial charge < -0.3 is 10.2 Å². The molecule has 1 fully saturated rings. The number of nitrogens with zero attached hydrogens (tertiary/aromatic N) is 6. The average molecular weight is 446 g/mol. The first kappa shape index (κ1) is 20.4. The van der Waals surface area contributed by atoms with E-state index in [-0.39, 0.29) is 43.7 Å². The summed E-state index contributed by atoms with van der Waals surface area (Å²) in [7, 11) is 0. The van der Waals surface area contributed by atoms with Crippen molar-refractivity contribution in [2.45, 2.75) is 32.0 Å². The third-order valence-corrected chi connectivity index (χ3v) is 5.50. The van der Waals surface area contributed by atoms with Gasteiger partial charge in [-0.3, -0.25) is 24.5 Å². The Morgan fingerprint density at radius 1 is 1.15 bits per heavy atom. The number of carbonyl (C=O) groups is 4. The molecule has 4 heterocycles. The Morgan fingerprint density at radius 2 is 1.97 bits per heavy atom. The first-order chi connectivity index (χ1) is 16.0. The van der Waals surface area contributed by atoms with Crippen LogP contribution in [0.4, 0.5) is 5.69 Å². The summed E-state index contributed by atoms with van der Waals surface area (Å²) in [6.07, 6.45) is 5.19. The standard InChI is InChI=1S/C21H18N8O4/c30-17-6-5-16(20(32)25-17)29-9-13-12(21(29)33)3-1-4-14(13)24-18(31)11-28-10-15(26-27-28)19-22-7-2-8-23-19/h1-4,7-8,10,16H,5-6,9,11H2,(H,24,31)(H,25,30,32). The molecule has 2 aliphatic rings. The molecule has 4 amide bonds. The molecule has 1 atom stereocenters. The van der Waals surface area contributed by atoms with Crippen LogP contribution in [0.1, 0.15) is 28.8 Å². The third-order valence-electron chi connectivity index (χ3n) is 5.50. The normalized spacial score (nSPS) is 17.6. The second-order valence-corrected chi connectivity index (χ2v) is 7.65. The number of fused-ring (bicyclic) bond motifs is 1. The SMILES string of the molecule is O=C1CCC(N2Cc3c(NC(=O)Cn4cc(-c5ncccn5)nn4)cccc3C2=O)C(=O)N1. The molecule has 1 saturated heterocycles. The second kappa shape index (κ2) is 8.22. The van der Waals surface area contributed by atoms with Crippen molar-refractivity contribution in [3.8, 4) is 11.5 Å². The minimum atomic E-state index is -0.722. The summed E-state index contributed by atoms with van der Waals surface area (Å²) in [6, 6.07) is 5.98. The number of aromatic nitrogens is 5. The Labute approximate surface area is 187 Å². The van der Waals surface area contributed by atoms with E-state index in [2.05, 4.69) is 30.9 Å². The van der Waals surface area contributed by atoms with E-state index in [0.717, 1.165) is 0 Å². The maximum Gasteiger partial charge on any atom is 0.255 e. The quantitative estimate of drug-likeness (QED) is 0.525. The molecule has 12 heteroatoms. The van der Waals surface area contributed by atoms with Crippen molar-refractivity contribution in [2.24, 2.45) is 0 Å². The molecule has 0 aliphatic carbocycles. The highest BCUT2D eigenvalue weighted by Gasteiger charge is 2.39. The molecular weight excluding hydrogens is 428 g/mol. The molecule has 1 aromatic carbocycles. The number of anilines is 1. The molecule has 1 unspecified atom stereocenters. The fourth-order valence-corrected chi connectivity index (χ4v) is 3.95. The summed E-state index contributed by atoms with van der Waals surface area (Å²) >= 11 is 0. The lowest BCUT2D eigenvalue weighted by atomic mass is 10.0. The minimum Gasteiger partial charge on any atom is -0.324 e. The van der Waals surface area contributed by atoms with Crippen LogP contribution < -0.4 is 10.6 Å². The minimum absolute atomic E-state index is 0.103. The highest BCUT2D eigenvalue weighted by atomic mass is 16.2. The monoisotopic (exact) mass is 446 g/mol. The lowest BCUT2D eigenvalue weighted by Crippen LogP contribution is -2.52. The van der Waals surface area contributed by atoms with E-state index >= 15 is 0 Å². The number of imide groups is 1. The molecule has 12 nitrogen and oxygen atoms in total. The van der Waals surface area contributed by atoms with Gasteiger partial charge in [0.1, 0.15) is 18.3 Å². The summed E-state index contributed by atoms with van der Waals surface area (Å²) in [5, 5.41) is 13.0. The topological polar surface area (TPSA) is 152 Å². The zero-order chi connectivity index (χ0) is 22.9. The zero-order valence-electron chi connectivity index (χ0n) is 17.3. The summed E-state index contributed by atoms with van der Waals surface area (Å²) in [5.74, 6) is -1.09. The number of nitrogens with one attached hydrogen (secondary N) is 2. The van der Waals surface area contributed by atoms with Gasteiger partial charge in [-0.05, 0) is 24.6 Å². The van der Waals surface area contributed by atoms with Gasteiger partial charge in [-0.2, -0.15) is 0 Å². The van der Waals surface area contributed by atoms with Crippen molar-refractivity contribution in [1.29, 1.82) is 0 Å². The lowest BCUT2D eigenvalue weighted by Gasteiger charge is -2.29. The average Bonchev–Trinajstić information content (AvgIpc) is 3.40. The van der Waals surface area contributed by atoms with Gasteiger partial charge in [-0.15, -0.1) is 5.10 Å². The molecule has 33 heavy (non-hydrogen) atoms. The molecule has 2 N–H and O–H groups in total. The van der Waals surface area contributed by atoms with Crippen molar-refractivity contribution < 1.29 is 19.2 Å². The van der Waals surface area contributed by atoms with Crippen molar-refractivity contribution in [2.75, 3.05) is 5.32 Å². The fourth-order valence-electron chi connectivity index (χ4n) is 3.95. The third kappa shape index (κ3) is 3.93. The van der Waals surface area contributed by atoms with Crippen LogP contribution in [0.15, 0.2) is 42.9 Å². The van der Waals surface area contributed by atoms with Crippen molar-refractivity contribution in [3.05, 3.63) is 54.0 Å². The van der Waals surface area contributed by atoms with Crippen LogP contribution in [-0.4, -0.2) is 59.5 Å². The molecule has 0 radical (unpaired) electrons. The highest BCUT2D eigenvalue weighted by molar-refractivity contribution is 6.06. The summed E-state index contributed by atoms with van der Waals surface area (Å²) in [6.45, 7) is 0.0595. The fraction of sp³-hybridized carbons (Fsp3) is 0.238. The van der Waals surface area contributed by atoms with Gasteiger partial charge in [0, 0.05) is 42.2 Å². The zero-order valence-corrected chi connectivity index (χ0v) is 17.3. The number of carbonyl (C=O) groups excluding carboxylic acids is 4. The van der Waals surface area contributed by atoms with Crippen LogP contribution in [0.2, 0.25) is 0 Å². The summed E-state index contributed by atoms with van der Waals surface area (Å²) in [4.78, 5) is 58.9. The Morgan fingerprint density at radius 3 is 2.76 bits per heavy atom. The van der Waals surface area contributed by atoms with Gasteiger partial charge in [-0.1, -0.05) is 11.3 Å². The summed E-state index contributed by atoms with van der Waals surface area (Å²) < 4.78 is 1.37. The molecule has 166 valence electrons. The molecule has 0 saturated carbocycles. The second-order valence-electron chi connectivity index (χ2n) is 7.65. The number of hydrogen-bond acceptors (Lipinski definition) is 8. The number of piperidine rings is 1. The van der Waals surface area contributed by atoms with Gasteiger partial charge in [-0.25, -0.2) is 14.6 Å². The van der Waals surface area contributed by atoms with Gasteiger partial charge in [0.2, 0.25) is 17.7 Å². The maximum absolute atomic E-state index is 12.9. The first-order valence-electron chi connectivity index (χ1n) is 10.2. The molecule has 5 rings (SSSR count). The van der Waals surface area contributed by atoms with Crippen LogP contribution in [0.5, 0.6) is 0 Å². The van der Waals surface area contributed by atoms with Gasteiger partial charge >= 0.3 is 0 Å². The van der Waals surface area contributed by atoms with Crippen molar-refractivity contribution in [1.82, 2.24) is 35.2 Å². The lowest BCUT2D eigenvalue weighted by molar-refractivity contribution is -0.137. The molecule has 3 aromatic rings. The van der Waals surface area contributed by atoms with Gasteiger partial charge in [0.05, 0.1) is 6.20 Å². The van der Waals surface area contributed by atoms with Gasteiger partial charge in [0.25, 0.3) is 5.91 Å². The predicted octanol–water partition coefficient (Wildman–Crippen LogP) is 0.135. The Kier molecular flexibility index (Phi) is 5.09. The predicted molar refractivity (Wildman–Crippen MR) is 112 cm³/mol. The largest absolute Gasteiger partial charge is 0.324 e. The van der Waals surface area contributed by atoms with E-state index in [1.165, 1.54) is 9.58 Å². The Hall–Kier alpha value is -4.48. The first-order valence-corrected chi connectivity index (χ1v) is 10.2. The Bertz CT molecular complexity index is 1270. The molecule has 0 spiro atoms. The van der Waals surface area contributed by atoms with E-state index < -0.39 is 11.9 Å². The van der Waals surface area contributed by atoms with Crippen molar-refractivity contribution >= 4 is 29.3 Å². The number of benzene rings is 1. The molecule has 2 aliphatic heterocycles. The van der Waals surface area contributed by atoms with Crippen LogP contribution >= 0.6 is 0 Å². The van der Waals surface area contributed by atoms with E-state index in [4.69, 9.17) is 0 Å². The maximum atomic E-state index is 12.9. The van der Waals surface area contributed by atoms with E-state index in [9.17, 15) is 19.2 Å². The molecule has 0 bridgehead atoms. The van der Waals surface area contributed by atoms with Crippen LogP contribution in [-0.2, 0) is 27.5 Å².